The first-order chi connectivity index (χ1) is 11.0. The van der Waals surface area contributed by atoms with Gasteiger partial charge in [0.1, 0.15) is 0 Å². The number of amides is 4. The molecule has 1 aromatic rings. The second-order valence-corrected chi connectivity index (χ2v) is 5.77. The molecule has 1 aromatic carbocycles. The van der Waals surface area contributed by atoms with Gasteiger partial charge in [-0.2, -0.15) is 0 Å². The van der Waals surface area contributed by atoms with Gasteiger partial charge in [0, 0.05) is 13.1 Å². The second-order valence-electron chi connectivity index (χ2n) is 5.77. The van der Waals surface area contributed by atoms with Crippen molar-refractivity contribution < 1.29 is 14.4 Å². The zero-order valence-electron chi connectivity index (χ0n) is 13.5. The molecule has 2 N–H and O–H groups in total. The number of rotatable bonds is 7. The van der Waals surface area contributed by atoms with Gasteiger partial charge in [-0.15, -0.1) is 0 Å². The molecule has 2 rings (SSSR count). The van der Waals surface area contributed by atoms with Crippen molar-refractivity contribution in [2.24, 2.45) is 5.92 Å². The fourth-order valence-corrected chi connectivity index (χ4v) is 2.72. The second kappa shape index (κ2) is 7.76. The van der Waals surface area contributed by atoms with Crippen LogP contribution < -0.4 is 10.6 Å². The van der Waals surface area contributed by atoms with Gasteiger partial charge in [0.2, 0.25) is 11.8 Å². The van der Waals surface area contributed by atoms with Crippen molar-refractivity contribution in [2.75, 3.05) is 19.6 Å². The van der Waals surface area contributed by atoms with Crippen LogP contribution in [0.25, 0.3) is 0 Å². The van der Waals surface area contributed by atoms with Gasteiger partial charge in [-0.3, -0.25) is 14.5 Å². The summed E-state index contributed by atoms with van der Waals surface area (Å²) in [4.78, 5) is 36.6. The SMILES string of the molecule is CC[C@H](C)[C@@H](C(=O)NCCN1C(=O)CNC1=O)c1ccccc1. The van der Waals surface area contributed by atoms with E-state index in [0.29, 0.717) is 0 Å². The highest BCUT2D eigenvalue weighted by Gasteiger charge is 2.29. The molecule has 1 aliphatic rings. The highest BCUT2D eigenvalue weighted by atomic mass is 16.2. The predicted octanol–water partition coefficient (Wildman–Crippen LogP) is 1.48. The number of urea groups is 1. The highest BCUT2D eigenvalue weighted by molar-refractivity contribution is 6.01. The molecule has 0 aliphatic carbocycles. The fourth-order valence-electron chi connectivity index (χ4n) is 2.72. The molecule has 4 amide bonds. The molecule has 1 heterocycles. The lowest BCUT2D eigenvalue weighted by Gasteiger charge is -2.23. The van der Waals surface area contributed by atoms with E-state index in [1.54, 1.807) is 0 Å². The summed E-state index contributed by atoms with van der Waals surface area (Å²) in [6.07, 6.45) is 0.889. The maximum absolute atomic E-state index is 12.6. The van der Waals surface area contributed by atoms with Crippen LogP contribution in [0.5, 0.6) is 0 Å². The maximum Gasteiger partial charge on any atom is 0.324 e. The average molecular weight is 317 g/mol. The summed E-state index contributed by atoms with van der Waals surface area (Å²) >= 11 is 0. The van der Waals surface area contributed by atoms with Gasteiger partial charge in [0.15, 0.2) is 0 Å². The number of nitrogens with one attached hydrogen (secondary N) is 2. The first-order valence-corrected chi connectivity index (χ1v) is 7.95. The van der Waals surface area contributed by atoms with E-state index < -0.39 is 6.03 Å². The van der Waals surface area contributed by atoms with Crippen molar-refractivity contribution in [3.8, 4) is 0 Å². The van der Waals surface area contributed by atoms with Gasteiger partial charge in [0.25, 0.3) is 0 Å². The predicted molar refractivity (Wildman–Crippen MR) is 86.8 cm³/mol. The third kappa shape index (κ3) is 4.09. The topological polar surface area (TPSA) is 78.5 Å². The fraction of sp³-hybridized carbons (Fsp3) is 0.471. The Kier molecular flexibility index (Phi) is 5.73. The van der Waals surface area contributed by atoms with Gasteiger partial charge in [-0.25, -0.2) is 4.79 Å². The first-order valence-electron chi connectivity index (χ1n) is 7.95. The lowest BCUT2D eigenvalue weighted by molar-refractivity contribution is -0.126. The first kappa shape index (κ1) is 17.0. The van der Waals surface area contributed by atoms with Crippen molar-refractivity contribution >= 4 is 17.8 Å². The number of benzene rings is 1. The summed E-state index contributed by atoms with van der Waals surface area (Å²) in [5.74, 6) is -0.359. The van der Waals surface area contributed by atoms with Crippen LogP contribution in [0.1, 0.15) is 31.7 Å². The molecule has 23 heavy (non-hydrogen) atoms. The van der Waals surface area contributed by atoms with Crippen molar-refractivity contribution in [1.29, 1.82) is 0 Å². The molecule has 1 saturated heterocycles. The summed E-state index contributed by atoms with van der Waals surface area (Å²) in [6.45, 7) is 4.60. The van der Waals surface area contributed by atoms with Crippen molar-refractivity contribution in [3.63, 3.8) is 0 Å². The van der Waals surface area contributed by atoms with E-state index in [9.17, 15) is 14.4 Å². The summed E-state index contributed by atoms with van der Waals surface area (Å²) in [7, 11) is 0. The van der Waals surface area contributed by atoms with Crippen molar-refractivity contribution in [2.45, 2.75) is 26.2 Å². The minimum atomic E-state index is -0.397. The van der Waals surface area contributed by atoms with Crippen LogP contribution in [-0.2, 0) is 9.59 Å². The van der Waals surface area contributed by atoms with Gasteiger partial charge < -0.3 is 10.6 Å². The van der Waals surface area contributed by atoms with Gasteiger partial charge in [-0.05, 0) is 11.5 Å². The highest BCUT2D eigenvalue weighted by Crippen LogP contribution is 2.27. The smallest absolute Gasteiger partial charge is 0.324 e. The van der Waals surface area contributed by atoms with E-state index in [2.05, 4.69) is 24.5 Å². The van der Waals surface area contributed by atoms with Crippen LogP contribution >= 0.6 is 0 Å². The molecule has 0 aromatic heterocycles. The molecular weight excluding hydrogens is 294 g/mol. The average Bonchev–Trinajstić information content (AvgIpc) is 2.87. The molecule has 1 aliphatic heterocycles. The van der Waals surface area contributed by atoms with E-state index in [4.69, 9.17) is 0 Å². The van der Waals surface area contributed by atoms with Gasteiger partial charge >= 0.3 is 6.03 Å². The Balaban J connectivity index is 1.96. The summed E-state index contributed by atoms with van der Waals surface area (Å²) in [6, 6.07) is 9.27. The van der Waals surface area contributed by atoms with E-state index in [0.717, 1.165) is 16.9 Å². The Bertz CT molecular complexity index is 558. The molecule has 0 bridgehead atoms. The number of imide groups is 1. The minimum absolute atomic E-state index is 0.0340. The summed E-state index contributed by atoms with van der Waals surface area (Å²) in [5, 5.41) is 5.31. The normalized spacial score (nSPS) is 16.9. The van der Waals surface area contributed by atoms with E-state index in [1.807, 2.05) is 30.3 Å². The Labute approximate surface area is 136 Å². The third-order valence-corrected chi connectivity index (χ3v) is 4.23. The van der Waals surface area contributed by atoms with Crippen LogP contribution in [0.15, 0.2) is 30.3 Å². The monoisotopic (exact) mass is 317 g/mol. The standard InChI is InChI=1S/C17H23N3O3/c1-3-12(2)15(13-7-5-4-6-8-13)16(22)18-9-10-20-14(21)11-19-17(20)23/h4-8,12,15H,3,9-11H2,1-2H3,(H,18,22)(H,19,23)/t12-,15+/m0/s1. The molecule has 2 atom stereocenters. The Morgan fingerprint density at radius 3 is 2.57 bits per heavy atom. The zero-order chi connectivity index (χ0) is 16.8. The molecule has 0 radical (unpaired) electrons. The molecule has 0 spiro atoms. The molecule has 1 fully saturated rings. The molecule has 6 nitrogen and oxygen atoms in total. The van der Waals surface area contributed by atoms with Gasteiger partial charge in [-0.1, -0.05) is 50.6 Å². The third-order valence-electron chi connectivity index (χ3n) is 4.23. The minimum Gasteiger partial charge on any atom is -0.354 e. The molecule has 6 heteroatoms. The van der Waals surface area contributed by atoms with E-state index in [-0.39, 0.29) is 43.3 Å². The largest absolute Gasteiger partial charge is 0.354 e. The Morgan fingerprint density at radius 2 is 2.00 bits per heavy atom. The van der Waals surface area contributed by atoms with Crippen LogP contribution in [0, 0.1) is 5.92 Å². The maximum atomic E-state index is 12.6. The van der Waals surface area contributed by atoms with E-state index >= 15 is 0 Å². The van der Waals surface area contributed by atoms with Crippen LogP contribution in [-0.4, -0.2) is 42.4 Å². The quantitative estimate of drug-likeness (QED) is 0.748. The Hall–Kier alpha value is -2.37. The molecule has 0 unspecified atom stereocenters. The van der Waals surface area contributed by atoms with Crippen molar-refractivity contribution in [1.82, 2.24) is 15.5 Å². The van der Waals surface area contributed by atoms with E-state index in [1.165, 1.54) is 0 Å². The molecule has 0 saturated carbocycles. The zero-order valence-corrected chi connectivity index (χ0v) is 13.5. The number of nitrogens with zero attached hydrogens (tertiary/aromatic N) is 1. The van der Waals surface area contributed by atoms with Gasteiger partial charge in [0.05, 0.1) is 12.5 Å². The van der Waals surface area contributed by atoms with Crippen LogP contribution in [0.4, 0.5) is 4.79 Å². The number of hydrogen-bond donors (Lipinski definition) is 2. The number of hydrogen-bond acceptors (Lipinski definition) is 3. The summed E-state index contributed by atoms with van der Waals surface area (Å²) < 4.78 is 0. The Morgan fingerprint density at radius 1 is 1.30 bits per heavy atom. The van der Waals surface area contributed by atoms with Crippen molar-refractivity contribution in [3.05, 3.63) is 35.9 Å². The van der Waals surface area contributed by atoms with Crippen LogP contribution in [0.3, 0.4) is 0 Å². The lowest BCUT2D eigenvalue weighted by Crippen LogP contribution is -2.40. The summed E-state index contributed by atoms with van der Waals surface area (Å²) in [5.41, 5.74) is 0.981. The molecular formula is C17H23N3O3. The van der Waals surface area contributed by atoms with Crippen LogP contribution in [0.2, 0.25) is 0 Å². The molecule has 124 valence electrons. The number of carbonyl (C=O) groups is 3. The lowest BCUT2D eigenvalue weighted by atomic mass is 9.85. The number of carbonyl (C=O) groups excluding carboxylic acids is 3.